The lowest BCUT2D eigenvalue weighted by molar-refractivity contribution is -0.117. The molecule has 1 saturated heterocycles. The van der Waals surface area contributed by atoms with E-state index < -0.39 is 0 Å². The number of rotatable bonds is 5. The van der Waals surface area contributed by atoms with E-state index in [9.17, 15) is 9.59 Å². The average molecular weight is 538 g/mol. The van der Waals surface area contributed by atoms with Crippen LogP contribution in [-0.4, -0.2) is 47.7 Å². The van der Waals surface area contributed by atoms with Gasteiger partial charge in [-0.05, 0) is 124 Å². The maximum absolute atomic E-state index is 13.4. The van der Waals surface area contributed by atoms with E-state index in [0.29, 0.717) is 36.1 Å². The number of amides is 1. The number of nitrogens with one attached hydrogen (secondary N) is 1. The van der Waals surface area contributed by atoms with Gasteiger partial charge in [-0.25, -0.2) is 4.79 Å². The molecule has 6 nitrogen and oxygen atoms in total. The average Bonchev–Trinajstić information content (AvgIpc) is 3.39. The van der Waals surface area contributed by atoms with Gasteiger partial charge in [-0.1, -0.05) is 38.4 Å². The van der Waals surface area contributed by atoms with Crippen molar-refractivity contribution in [3.05, 3.63) is 11.6 Å². The number of allylic oxidation sites excluding steroid dienone is 1. The summed E-state index contributed by atoms with van der Waals surface area (Å²) in [5.74, 6) is 2.84. The lowest BCUT2D eigenvalue weighted by Gasteiger charge is -2.58. The largest absolute Gasteiger partial charge is 0.436 e. The predicted octanol–water partition coefficient (Wildman–Crippen LogP) is 6.89. The molecule has 7 atom stereocenters. The van der Waals surface area contributed by atoms with Gasteiger partial charge in [0.15, 0.2) is 5.78 Å². The molecule has 5 fully saturated rings. The van der Waals surface area contributed by atoms with Crippen LogP contribution in [0.4, 0.5) is 4.79 Å². The third kappa shape index (κ3) is 4.61. The summed E-state index contributed by atoms with van der Waals surface area (Å²) in [4.78, 5) is 33.3. The van der Waals surface area contributed by atoms with Gasteiger partial charge in [0.2, 0.25) is 0 Å². The van der Waals surface area contributed by atoms with E-state index in [1.807, 2.05) is 11.0 Å². The molecule has 0 bridgehead atoms. The summed E-state index contributed by atoms with van der Waals surface area (Å²) in [5.41, 5.74) is 3.06. The van der Waals surface area contributed by atoms with E-state index in [2.05, 4.69) is 45.1 Å². The van der Waals surface area contributed by atoms with Crippen molar-refractivity contribution in [1.82, 2.24) is 10.2 Å². The second-order valence-corrected chi connectivity index (χ2v) is 15.2. The quantitative estimate of drug-likeness (QED) is 0.235. The Morgan fingerprint density at radius 2 is 1.82 bits per heavy atom. The molecule has 4 saturated carbocycles. The summed E-state index contributed by atoms with van der Waals surface area (Å²) in [6.07, 6.45) is 15.1. The smallest absolute Gasteiger partial charge is 0.312 e. The Bertz CT molecular complexity index is 1060. The first kappa shape index (κ1) is 27.5. The number of fused-ring (bicyclic) bond motifs is 5. The highest BCUT2D eigenvalue weighted by molar-refractivity contribution is 5.91. The lowest BCUT2D eigenvalue weighted by atomic mass is 9.46. The van der Waals surface area contributed by atoms with Crippen molar-refractivity contribution in [2.24, 2.45) is 45.1 Å². The number of carbonyl (C=O) groups excluding carboxylic acids is 2. The monoisotopic (exact) mass is 537 g/mol. The highest BCUT2D eigenvalue weighted by Gasteiger charge is 2.59. The van der Waals surface area contributed by atoms with Gasteiger partial charge in [0.1, 0.15) is 0 Å². The molecule has 0 aromatic rings. The third-order valence-electron chi connectivity index (χ3n) is 13.0. The predicted molar refractivity (Wildman–Crippen MR) is 154 cm³/mol. The highest BCUT2D eigenvalue weighted by atomic mass is 16.7. The summed E-state index contributed by atoms with van der Waals surface area (Å²) in [6, 6.07) is 0.590. The maximum Gasteiger partial charge on any atom is 0.436 e. The minimum absolute atomic E-state index is 0.188. The van der Waals surface area contributed by atoms with Crippen molar-refractivity contribution >= 4 is 17.6 Å². The van der Waals surface area contributed by atoms with Crippen LogP contribution in [0.25, 0.3) is 0 Å². The van der Waals surface area contributed by atoms with Crippen molar-refractivity contribution < 1.29 is 14.4 Å². The first-order valence-corrected chi connectivity index (χ1v) is 16.0. The molecular formula is C33H51N3O3. The van der Waals surface area contributed by atoms with E-state index >= 15 is 0 Å². The Morgan fingerprint density at radius 3 is 2.51 bits per heavy atom. The van der Waals surface area contributed by atoms with Crippen LogP contribution in [0.2, 0.25) is 0 Å². The Hall–Kier alpha value is -1.69. The van der Waals surface area contributed by atoms with Crippen molar-refractivity contribution in [3.63, 3.8) is 0 Å². The van der Waals surface area contributed by atoms with Crippen molar-refractivity contribution in [1.29, 1.82) is 0 Å². The normalized spacial score (nSPS) is 41.7. The number of hydrogen-bond acceptors (Lipinski definition) is 5. The summed E-state index contributed by atoms with van der Waals surface area (Å²) in [6.45, 7) is 13.4. The molecule has 6 heteroatoms. The summed E-state index contributed by atoms with van der Waals surface area (Å²) in [5, 5.41) is 8.19. The molecule has 1 amide bonds. The summed E-state index contributed by atoms with van der Waals surface area (Å²) >= 11 is 0. The maximum atomic E-state index is 13.4. The molecule has 0 aromatic heterocycles. The molecular weight excluding hydrogens is 486 g/mol. The van der Waals surface area contributed by atoms with Gasteiger partial charge in [0.05, 0.1) is 5.71 Å². The number of carbonyl (C=O) groups is 2. The van der Waals surface area contributed by atoms with Crippen LogP contribution < -0.4 is 5.32 Å². The standard InChI is InChI=1S/C33H51N3O3/c1-21(35-39-30(38)36(23-7-6-8-23)20-29-31(2,3)17-18-34-29)26-11-12-27-25-10-9-22-19-24(37)13-15-32(22,4)28(25)14-16-33(26,27)5/h19,23,25-29,34H,6-18,20H2,1-5H3/b35-21+/t25-,26+,27-,28-,29?,32-,33+/m0/s1. The molecule has 6 aliphatic rings. The molecule has 1 heterocycles. The van der Waals surface area contributed by atoms with E-state index in [1.165, 1.54) is 37.7 Å². The van der Waals surface area contributed by atoms with Crippen LogP contribution >= 0.6 is 0 Å². The van der Waals surface area contributed by atoms with E-state index in [-0.39, 0.29) is 28.4 Å². The molecule has 5 aliphatic carbocycles. The Kier molecular flexibility index (Phi) is 7.04. The molecule has 1 N–H and O–H groups in total. The van der Waals surface area contributed by atoms with Crippen LogP contribution in [0.15, 0.2) is 16.8 Å². The first-order chi connectivity index (χ1) is 18.5. The summed E-state index contributed by atoms with van der Waals surface area (Å²) in [7, 11) is 0. The molecule has 1 aliphatic heterocycles. The number of nitrogens with zero attached hydrogens (tertiary/aromatic N) is 2. The Morgan fingerprint density at radius 1 is 1.03 bits per heavy atom. The molecule has 1 unspecified atom stereocenters. The fourth-order valence-electron chi connectivity index (χ4n) is 10.1. The van der Waals surface area contributed by atoms with Gasteiger partial charge >= 0.3 is 6.09 Å². The molecule has 0 aromatic carbocycles. The minimum Gasteiger partial charge on any atom is -0.312 e. The van der Waals surface area contributed by atoms with Crippen LogP contribution in [-0.2, 0) is 9.63 Å². The SMILES string of the molecule is C/C(=N\OC(=O)N(CC1NCCC1(C)C)C1CCC1)[C@H]1CC[C@H]2[C@@H]3CCC4=CC(=O)CC[C@]4(C)[C@H]3CC[C@]12C. The zero-order valence-corrected chi connectivity index (χ0v) is 25.1. The zero-order valence-electron chi connectivity index (χ0n) is 25.1. The van der Waals surface area contributed by atoms with Gasteiger partial charge in [0, 0.05) is 31.0 Å². The molecule has 0 radical (unpaired) electrons. The first-order valence-electron chi connectivity index (χ1n) is 16.0. The number of hydrogen-bond donors (Lipinski definition) is 1. The topological polar surface area (TPSA) is 71.0 Å². The van der Waals surface area contributed by atoms with Gasteiger partial charge in [-0.3, -0.25) is 9.63 Å². The van der Waals surface area contributed by atoms with Crippen molar-refractivity contribution in [2.45, 2.75) is 124 Å². The van der Waals surface area contributed by atoms with Crippen LogP contribution in [0.5, 0.6) is 0 Å². The van der Waals surface area contributed by atoms with Crippen LogP contribution in [0, 0.1) is 39.9 Å². The third-order valence-corrected chi connectivity index (χ3v) is 13.0. The zero-order chi connectivity index (χ0) is 27.6. The van der Waals surface area contributed by atoms with Gasteiger partial charge < -0.3 is 10.2 Å². The van der Waals surface area contributed by atoms with Crippen molar-refractivity contribution in [2.75, 3.05) is 13.1 Å². The van der Waals surface area contributed by atoms with Gasteiger partial charge in [0.25, 0.3) is 0 Å². The van der Waals surface area contributed by atoms with E-state index in [1.54, 1.807) is 0 Å². The number of ketones is 1. The fourth-order valence-corrected chi connectivity index (χ4v) is 10.1. The Labute approximate surface area is 235 Å². The van der Waals surface area contributed by atoms with E-state index in [0.717, 1.165) is 63.1 Å². The summed E-state index contributed by atoms with van der Waals surface area (Å²) < 4.78 is 0. The van der Waals surface area contributed by atoms with Gasteiger partial charge in [-0.2, -0.15) is 0 Å². The second kappa shape index (κ2) is 9.99. The van der Waals surface area contributed by atoms with Crippen molar-refractivity contribution in [3.8, 4) is 0 Å². The van der Waals surface area contributed by atoms with Gasteiger partial charge in [-0.15, -0.1) is 0 Å². The van der Waals surface area contributed by atoms with Crippen LogP contribution in [0.3, 0.4) is 0 Å². The molecule has 6 rings (SSSR count). The molecule has 0 spiro atoms. The Balaban J connectivity index is 1.14. The molecule has 216 valence electrons. The highest BCUT2D eigenvalue weighted by Crippen LogP contribution is 2.66. The van der Waals surface area contributed by atoms with E-state index in [4.69, 9.17) is 4.84 Å². The fraction of sp³-hybridized carbons (Fsp3) is 0.848. The molecule has 39 heavy (non-hydrogen) atoms. The number of oxime groups is 1. The lowest BCUT2D eigenvalue weighted by Crippen LogP contribution is -2.52. The van der Waals surface area contributed by atoms with Crippen LogP contribution in [0.1, 0.15) is 112 Å². The second-order valence-electron chi connectivity index (χ2n) is 15.2. The minimum atomic E-state index is -0.265.